The monoisotopic (exact) mass is 327 g/mol. The number of nitrogens with two attached hydrogens (primary N) is 1. The highest BCUT2D eigenvalue weighted by Gasteiger charge is 2.11. The van der Waals surface area contributed by atoms with Crippen molar-refractivity contribution < 1.29 is 13.9 Å². The molecule has 0 aliphatic carbocycles. The molecule has 0 unspecified atom stereocenters. The van der Waals surface area contributed by atoms with E-state index in [1.165, 1.54) is 18.3 Å². The number of benzene rings is 1. The third kappa shape index (κ3) is 3.67. The molecule has 0 aliphatic rings. The summed E-state index contributed by atoms with van der Waals surface area (Å²) in [5.74, 6) is 0.467. The van der Waals surface area contributed by atoms with E-state index < -0.39 is 6.03 Å². The molecule has 2 aromatic heterocycles. The minimum Gasteiger partial charge on any atom is -0.435 e. The number of aromatic nitrogens is 3. The van der Waals surface area contributed by atoms with E-state index in [9.17, 15) is 9.18 Å². The molecule has 2 heterocycles. The maximum atomic E-state index is 13.0. The number of primary amides is 1. The summed E-state index contributed by atoms with van der Waals surface area (Å²) in [6, 6.07) is 10.5. The number of hydrogen-bond acceptors (Lipinski definition) is 4. The molecule has 0 aliphatic heterocycles. The Hall–Kier alpha value is -3.42. The average molecular weight is 327 g/mol. The zero-order valence-electron chi connectivity index (χ0n) is 12.5. The van der Waals surface area contributed by atoms with Crippen molar-refractivity contribution in [2.24, 2.45) is 5.73 Å². The van der Waals surface area contributed by atoms with Crippen molar-refractivity contribution >= 4 is 6.03 Å². The lowest BCUT2D eigenvalue weighted by Gasteiger charge is -2.07. The van der Waals surface area contributed by atoms with Gasteiger partial charge in [-0.15, -0.1) is 0 Å². The molecule has 0 fully saturated rings. The molecule has 2 amide bonds. The summed E-state index contributed by atoms with van der Waals surface area (Å²) in [6.07, 6.45) is 1.51. The van der Waals surface area contributed by atoms with Crippen LogP contribution >= 0.6 is 0 Å². The highest BCUT2D eigenvalue weighted by atomic mass is 19.1. The van der Waals surface area contributed by atoms with Gasteiger partial charge in [-0.05, 0) is 30.3 Å². The van der Waals surface area contributed by atoms with Gasteiger partial charge in [-0.1, -0.05) is 6.07 Å². The number of nitrogens with zero attached hydrogens (tertiary/aromatic N) is 2. The van der Waals surface area contributed by atoms with Crippen molar-refractivity contribution in [2.45, 2.75) is 6.54 Å². The van der Waals surface area contributed by atoms with E-state index in [-0.39, 0.29) is 12.4 Å². The molecule has 4 N–H and O–H groups in total. The second-order valence-electron chi connectivity index (χ2n) is 4.90. The van der Waals surface area contributed by atoms with Crippen molar-refractivity contribution in [1.82, 2.24) is 20.5 Å². The number of pyridine rings is 1. The molecule has 0 radical (unpaired) electrons. The highest BCUT2D eigenvalue weighted by molar-refractivity contribution is 5.71. The summed E-state index contributed by atoms with van der Waals surface area (Å²) >= 11 is 0. The number of H-pyrrole nitrogens is 1. The molecular formula is C16H14FN5O2. The number of hydrogen-bond donors (Lipinski definition) is 3. The molecule has 122 valence electrons. The summed E-state index contributed by atoms with van der Waals surface area (Å²) in [4.78, 5) is 15.0. The topological polar surface area (TPSA) is 106 Å². The quantitative estimate of drug-likeness (QED) is 0.669. The molecule has 0 bridgehead atoms. The minimum absolute atomic E-state index is 0.197. The summed E-state index contributed by atoms with van der Waals surface area (Å²) in [6.45, 7) is 0.197. The van der Waals surface area contributed by atoms with Gasteiger partial charge in [-0.25, -0.2) is 14.2 Å². The Labute approximate surface area is 136 Å². The van der Waals surface area contributed by atoms with Crippen LogP contribution in [0, 0.1) is 5.82 Å². The van der Waals surface area contributed by atoms with Crippen molar-refractivity contribution in [3.05, 3.63) is 60.2 Å². The molecule has 7 nitrogen and oxygen atoms in total. The fourth-order valence-electron chi connectivity index (χ4n) is 2.08. The van der Waals surface area contributed by atoms with E-state index >= 15 is 0 Å². The number of rotatable bonds is 5. The van der Waals surface area contributed by atoms with Crippen LogP contribution in [0.25, 0.3) is 11.3 Å². The number of carbonyl (C=O) groups excluding carboxylic acids is 1. The van der Waals surface area contributed by atoms with E-state index in [0.29, 0.717) is 23.0 Å². The van der Waals surface area contributed by atoms with Crippen LogP contribution in [0.15, 0.2) is 48.7 Å². The second kappa shape index (κ2) is 6.78. The third-order valence-corrected chi connectivity index (χ3v) is 3.18. The third-order valence-electron chi connectivity index (χ3n) is 3.18. The predicted molar refractivity (Wildman–Crippen MR) is 84.7 cm³/mol. The van der Waals surface area contributed by atoms with Gasteiger partial charge in [-0.2, -0.15) is 5.10 Å². The van der Waals surface area contributed by atoms with Gasteiger partial charge >= 0.3 is 6.03 Å². The van der Waals surface area contributed by atoms with Crippen LogP contribution in [0.1, 0.15) is 5.69 Å². The number of urea groups is 1. The number of nitrogens with one attached hydrogen (secondary N) is 2. The van der Waals surface area contributed by atoms with Crippen LogP contribution in [0.3, 0.4) is 0 Å². The first-order valence-corrected chi connectivity index (χ1v) is 7.08. The van der Waals surface area contributed by atoms with E-state index in [1.54, 1.807) is 30.3 Å². The lowest BCUT2D eigenvalue weighted by Crippen LogP contribution is -2.28. The normalized spacial score (nSPS) is 10.4. The number of aromatic amines is 1. The summed E-state index contributed by atoms with van der Waals surface area (Å²) in [7, 11) is 0. The first-order valence-electron chi connectivity index (χ1n) is 7.08. The molecule has 24 heavy (non-hydrogen) atoms. The number of ether oxygens (including phenoxy) is 1. The standard InChI is InChI=1S/C16H14FN5O2/c17-11-6-4-10(5-7-11)15-13(9-20-22-15)24-14-3-1-2-12(21-14)8-19-16(18)23/h1-7,9H,8H2,(H,20,22)(H3,18,19,23). The fraction of sp³-hybridized carbons (Fsp3) is 0.0625. The molecule has 1 aromatic carbocycles. The lowest BCUT2D eigenvalue weighted by atomic mass is 10.1. The second-order valence-corrected chi connectivity index (χ2v) is 4.90. The molecule has 0 atom stereocenters. The van der Waals surface area contributed by atoms with E-state index in [1.807, 2.05) is 0 Å². The fourth-order valence-corrected chi connectivity index (χ4v) is 2.08. The summed E-state index contributed by atoms with van der Waals surface area (Å²) in [5, 5.41) is 9.23. The largest absolute Gasteiger partial charge is 0.435 e. The molecule has 0 saturated heterocycles. The number of carbonyl (C=O) groups is 1. The Morgan fingerprint density at radius 3 is 2.79 bits per heavy atom. The Balaban J connectivity index is 1.80. The molecular weight excluding hydrogens is 313 g/mol. The van der Waals surface area contributed by atoms with Crippen molar-refractivity contribution in [3.8, 4) is 22.9 Å². The zero-order chi connectivity index (χ0) is 16.9. The Morgan fingerprint density at radius 1 is 1.25 bits per heavy atom. The Morgan fingerprint density at radius 2 is 2.04 bits per heavy atom. The van der Waals surface area contributed by atoms with Crippen LogP contribution in [-0.4, -0.2) is 21.2 Å². The smallest absolute Gasteiger partial charge is 0.312 e. The molecule has 0 saturated carbocycles. The van der Waals surface area contributed by atoms with Gasteiger partial charge in [0.2, 0.25) is 5.88 Å². The van der Waals surface area contributed by atoms with Gasteiger partial charge in [0.15, 0.2) is 5.75 Å². The van der Waals surface area contributed by atoms with Gasteiger partial charge in [0, 0.05) is 11.6 Å². The number of amides is 2. The van der Waals surface area contributed by atoms with Gasteiger partial charge in [0.1, 0.15) is 11.5 Å². The van der Waals surface area contributed by atoms with Gasteiger partial charge in [0.05, 0.1) is 18.4 Å². The Bertz CT molecular complexity index is 848. The molecule has 3 aromatic rings. The highest BCUT2D eigenvalue weighted by Crippen LogP contribution is 2.30. The van der Waals surface area contributed by atoms with E-state index in [0.717, 1.165) is 5.56 Å². The van der Waals surface area contributed by atoms with Crippen molar-refractivity contribution in [1.29, 1.82) is 0 Å². The maximum absolute atomic E-state index is 13.0. The predicted octanol–water partition coefficient (Wildman–Crippen LogP) is 2.57. The molecule has 8 heteroatoms. The van der Waals surface area contributed by atoms with Crippen LogP contribution < -0.4 is 15.8 Å². The van der Waals surface area contributed by atoms with Crippen molar-refractivity contribution in [3.63, 3.8) is 0 Å². The van der Waals surface area contributed by atoms with Crippen LogP contribution in [0.2, 0.25) is 0 Å². The first-order chi connectivity index (χ1) is 11.6. The number of halogens is 1. The molecule has 0 spiro atoms. The van der Waals surface area contributed by atoms with Crippen molar-refractivity contribution in [2.75, 3.05) is 0 Å². The first kappa shape index (κ1) is 15.5. The van der Waals surface area contributed by atoms with Gasteiger partial charge in [-0.3, -0.25) is 5.10 Å². The minimum atomic E-state index is -0.628. The lowest BCUT2D eigenvalue weighted by molar-refractivity contribution is 0.248. The van der Waals surface area contributed by atoms with E-state index in [4.69, 9.17) is 10.5 Å². The summed E-state index contributed by atoms with van der Waals surface area (Å²) in [5.41, 5.74) is 6.97. The van der Waals surface area contributed by atoms with Gasteiger partial charge < -0.3 is 15.8 Å². The molecule has 3 rings (SSSR count). The SMILES string of the molecule is NC(=O)NCc1cccc(Oc2cn[nH]c2-c2ccc(F)cc2)n1. The van der Waals surface area contributed by atoms with Crippen LogP contribution in [0.4, 0.5) is 9.18 Å². The Kier molecular flexibility index (Phi) is 4.37. The zero-order valence-corrected chi connectivity index (χ0v) is 12.5. The van der Waals surface area contributed by atoms with Crippen LogP contribution in [0.5, 0.6) is 11.6 Å². The maximum Gasteiger partial charge on any atom is 0.312 e. The van der Waals surface area contributed by atoms with E-state index in [2.05, 4.69) is 20.5 Å². The average Bonchev–Trinajstić information content (AvgIpc) is 3.02. The van der Waals surface area contributed by atoms with Gasteiger partial charge in [0.25, 0.3) is 0 Å². The summed E-state index contributed by atoms with van der Waals surface area (Å²) < 4.78 is 18.8. The van der Waals surface area contributed by atoms with Crippen LogP contribution in [-0.2, 0) is 6.54 Å².